The number of amides is 1. The molecule has 4 N–H and O–H groups in total. The standard InChI is InChI=1S/C15H20N2O3/c16-9-11-7-4-8-12(11)14(18)17-13(15(19)20)10-5-2-1-3-6-10/h1-3,5-6,11-13H,4,7-9,16H2,(H,17,18)(H,19,20)/t11?,12?,13-/m0/s1. The second-order valence-corrected chi connectivity index (χ2v) is 5.22. The molecular weight excluding hydrogens is 256 g/mol. The summed E-state index contributed by atoms with van der Waals surface area (Å²) in [6.45, 7) is 0.473. The molecule has 0 saturated heterocycles. The van der Waals surface area contributed by atoms with E-state index in [1.54, 1.807) is 24.3 Å². The Morgan fingerprint density at radius 1 is 1.30 bits per heavy atom. The van der Waals surface area contributed by atoms with Gasteiger partial charge in [-0.05, 0) is 30.9 Å². The zero-order valence-corrected chi connectivity index (χ0v) is 11.3. The van der Waals surface area contributed by atoms with Gasteiger partial charge in [0.1, 0.15) is 0 Å². The van der Waals surface area contributed by atoms with Crippen LogP contribution in [0.25, 0.3) is 0 Å². The van der Waals surface area contributed by atoms with Crippen molar-refractivity contribution in [3.8, 4) is 0 Å². The highest BCUT2D eigenvalue weighted by Gasteiger charge is 2.34. The van der Waals surface area contributed by atoms with Gasteiger partial charge in [-0.2, -0.15) is 0 Å². The molecule has 20 heavy (non-hydrogen) atoms. The number of hydrogen-bond donors (Lipinski definition) is 3. The average molecular weight is 276 g/mol. The van der Waals surface area contributed by atoms with Gasteiger partial charge in [-0.3, -0.25) is 4.79 Å². The molecule has 0 bridgehead atoms. The summed E-state index contributed by atoms with van der Waals surface area (Å²) < 4.78 is 0. The van der Waals surface area contributed by atoms with Crippen molar-refractivity contribution in [1.29, 1.82) is 0 Å². The first-order valence-corrected chi connectivity index (χ1v) is 6.91. The van der Waals surface area contributed by atoms with Crippen molar-refractivity contribution in [2.45, 2.75) is 25.3 Å². The van der Waals surface area contributed by atoms with Crippen LogP contribution in [0.4, 0.5) is 0 Å². The summed E-state index contributed by atoms with van der Waals surface area (Å²) in [7, 11) is 0. The predicted octanol–water partition coefficient (Wildman–Crippen LogP) is 1.30. The molecule has 1 aliphatic carbocycles. The van der Waals surface area contributed by atoms with E-state index in [9.17, 15) is 14.7 Å². The van der Waals surface area contributed by atoms with E-state index < -0.39 is 12.0 Å². The van der Waals surface area contributed by atoms with Gasteiger partial charge < -0.3 is 16.2 Å². The van der Waals surface area contributed by atoms with Crippen molar-refractivity contribution < 1.29 is 14.7 Å². The van der Waals surface area contributed by atoms with E-state index in [1.165, 1.54) is 0 Å². The minimum atomic E-state index is -1.05. The smallest absolute Gasteiger partial charge is 0.330 e. The number of carboxylic acid groups (broad SMARTS) is 1. The number of aliphatic carboxylic acids is 1. The Hall–Kier alpha value is -1.88. The third kappa shape index (κ3) is 3.17. The summed E-state index contributed by atoms with van der Waals surface area (Å²) in [6.07, 6.45) is 2.70. The fourth-order valence-corrected chi connectivity index (χ4v) is 2.85. The van der Waals surface area contributed by atoms with Crippen LogP contribution in [0.15, 0.2) is 30.3 Å². The lowest BCUT2D eigenvalue weighted by molar-refractivity contribution is -0.142. The summed E-state index contributed by atoms with van der Waals surface area (Å²) in [5.41, 5.74) is 6.25. The van der Waals surface area contributed by atoms with E-state index in [0.29, 0.717) is 12.1 Å². The van der Waals surface area contributed by atoms with Crippen molar-refractivity contribution >= 4 is 11.9 Å². The summed E-state index contributed by atoms with van der Waals surface area (Å²) >= 11 is 0. The average Bonchev–Trinajstić information content (AvgIpc) is 2.93. The lowest BCUT2D eigenvalue weighted by Crippen LogP contribution is -2.40. The maximum absolute atomic E-state index is 12.3. The lowest BCUT2D eigenvalue weighted by Gasteiger charge is -2.21. The summed E-state index contributed by atoms with van der Waals surface area (Å²) in [4.78, 5) is 23.6. The Morgan fingerprint density at radius 3 is 2.60 bits per heavy atom. The first kappa shape index (κ1) is 14.5. The molecule has 0 spiro atoms. The second-order valence-electron chi connectivity index (χ2n) is 5.22. The van der Waals surface area contributed by atoms with Crippen LogP contribution in [0.5, 0.6) is 0 Å². The zero-order chi connectivity index (χ0) is 14.5. The highest BCUT2D eigenvalue weighted by Crippen LogP contribution is 2.31. The Bertz CT molecular complexity index is 475. The molecule has 5 nitrogen and oxygen atoms in total. The largest absolute Gasteiger partial charge is 0.479 e. The fraction of sp³-hybridized carbons (Fsp3) is 0.467. The van der Waals surface area contributed by atoms with Gasteiger partial charge in [-0.15, -0.1) is 0 Å². The van der Waals surface area contributed by atoms with Crippen molar-refractivity contribution in [2.75, 3.05) is 6.54 Å². The van der Waals surface area contributed by atoms with Crippen LogP contribution in [0.1, 0.15) is 30.9 Å². The van der Waals surface area contributed by atoms with E-state index in [2.05, 4.69) is 5.32 Å². The minimum Gasteiger partial charge on any atom is -0.479 e. The number of benzene rings is 1. The molecule has 1 saturated carbocycles. The Labute approximate surface area is 118 Å². The molecule has 0 aromatic heterocycles. The monoisotopic (exact) mass is 276 g/mol. The predicted molar refractivity (Wildman–Crippen MR) is 74.8 cm³/mol. The van der Waals surface area contributed by atoms with Gasteiger partial charge in [0.2, 0.25) is 5.91 Å². The number of rotatable bonds is 5. The fourth-order valence-electron chi connectivity index (χ4n) is 2.85. The van der Waals surface area contributed by atoms with Crippen molar-refractivity contribution in [2.24, 2.45) is 17.6 Å². The Kier molecular flexibility index (Phi) is 4.74. The van der Waals surface area contributed by atoms with Gasteiger partial charge >= 0.3 is 5.97 Å². The molecule has 1 amide bonds. The quantitative estimate of drug-likeness (QED) is 0.756. The van der Waals surface area contributed by atoms with Crippen LogP contribution in [0.3, 0.4) is 0 Å². The number of carbonyl (C=O) groups is 2. The third-order valence-corrected chi connectivity index (χ3v) is 3.97. The number of carboxylic acids is 1. The molecule has 0 radical (unpaired) electrons. The molecule has 1 aliphatic rings. The van der Waals surface area contributed by atoms with Crippen LogP contribution in [0.2, 0.25) is 0 Å². The molecule has 0 heterocycles. The van der Waals surface area contributed by atoms with E-state index >= 15 is 0 Å². The number of nitrogens with two attached hydrogens (primary N) is 1. The molecular formula is C15H20N2O3. The SMILES string of the molecule is NCC1CCCC1C(=O)N[C@H](C(=O)O)c1ccccc1. The zero-order valence-electron chi connectivity index (χ0n) is 11.3. The van der Waals surface area contributed by atoms with Crippen molar-refractivity contribution in [1.82, 2.24) is 5.32 Å². The van der Waals surface area contributed by atoms with Gasteiger partial charge in [-0.1, -0.05) is 36.8 Å². The van der Waals surface area contributed by atoms with E-state index in [-0.39, 0.29) is 17.7 Å². The third-order valence-electron chi connectivity index (χ3n) is 3.97. The van der Waals surface area contributed by atoms with Crippen LogP contribution >= 0.6 is 0 Å². The lowest BCUT2D eigenvalue weighted by atomic mass is 9.94. The van der Waals surface area contributed by atoms with Crippen LogP contribution < -0.4 is 11.1 Å². The van der Waals surface area contributed by atoms with E-state index in [0.717, 1.165) is 19.3 Å². The topological polar surface area (TPSA) is 92.4 Å². The first-order valence-electron chi connectivity index (χ1n) is 6.91. The summed E-state index contributed by atoms with van der Waals surface area (Å²) in [5.74, 6) is -1.24. The van der Waals surface area contributed by atoms with Gasteiger partial charge in [0, 0.05) is 5.92 Å². The maximum atomic E-state index is 12.3. The molecule has 1 aromatic rings. The Balaban J connectivity index is 2.09. The summed E-state index contributed by atoms with van der Waals surface area (Å²) in [6, 6.07) is 7.74. The first-order chi connectivity index (χ1) is 9.63. The number of hydrogen-bond acceptors (Lipinski definition) is 3. The highest BCUT2D eigenvalue weighted by molar-refractivity contribution is 5.86. The molecule has 108 valence electrons. The van der Waals surface area contributed by atoms with Gasteiger partial charge in [-0.25, -0.2) is 4.79 Å². The molecule has 3 atom stereocenters. The molecule has 5 heteroatoms. The van der Waals surface area contributed by atoms with E-state index in [4.69, 9.17) is 5.73 Å². The second kappa shape index (κ2) is 6.52. The summed E-state index contributed by atoms with van der Waals surface area (Å²) in [5, 5.41) is 11.9. The molecule has 1 fully saturated rings. The number of nitrogens with one attached hydrogen (secondary N) is 1. The van der Waals surface area contributed by atoms with Crippen molar-refractivity contribution in [3.63, 3.8) is 0 Å². The van der Waals surface area contributed by atoms with Crippen molar-refractivity contribution in [3.05, 3.63) is 35.9 Å². The molecule has 0 aliphatic heterocycles. The molecule has 2 unspecified atom stereocenters. The Morgan fingerprint density at radius 2 is 2.00 bits per heavy atom. The van der Waals surface area contributed by atoms with Crippen LogP contribution in [-0.4, -0.2) is 23.5 Å². The van der Waals surface area contributed by atoms with Crippen LogP contribution in [0, 0.1) is 11.8 Å². The normalized spacial score (nSPS) is 23.2. The van der Waals surface area contributed by atoms with Gasteiger partial charge in [0.05, 0.1) is 0 Å². The maximum Gasteiger partial charge on any atom is 0.330 e. The van der Waals surface area contributed by atoms with Gasteiger partial charge in [0.15, 0.2) is 6.04 Å². The molecule has 2 rings (SSSR count). The number of carbonyl (C=O) groups excluding carboxylic acids is 1. The minimum absolute atomic E-state index is 0.162. The highest BCUT2D eigenvalue weighted by atomic mass is 16.4. The molecule has 1 aromatic carbocycles. The van der Waals surface area contributed by atoms with Gasteiger partial charge in [0.25, 0.3) is 0 Å². The van der Waals surface area contributed by atoms with Crippen LogP contribution in [-0.2, 0) is 9.59 Å². The van der Waals surface area contributed by atoms with E-state index in [1.807, 2.05) is 6.07 Å².